The molecule has 0 saturated carbocycles. The van der Waals surface area contributed by atoms with Gasteiger partial charge in [0, 0.05) is 48.7 Å². The van der Waals surface area contributed by atoms with Crippen LogP contribution in [-0.2, 0) is 26.2 Å². The van der Waals surface area contributed by atoms with Crippen molar-refractivity contribution in [3.63, 3.8) is 0 Å². The molecule has 1 atom stereocenters. The second kappa shape index (κ2) is 10.7. The van der Waals surface area contributed by atoms with E-state index in [1.807, 2.05) is 11.9 Å². The molecule has 35 heavy (non-hydrogen) atoms. The van der Waals surface area contributed by atoms with Gasteiger partial charge in [-0.05, 0) is 42.8 Å². The van der Waals surface area contributed by atoms with Crippen molar-refractivity contribution in [3.05, 3.63) is 68.7 Å². The molecule has 0 amide bonds. The summed E-state index contributed by atoms with van der Waals surface area (Å²) in [6.07, 6.45) is 0.819. The summed E-state index contributed by atoms with van der Waals surface area (Å²) in [4.78, 5) is 23.5. The average molecular weight is 559 g/mol. The maximum atomic E-state index is 14.1. The smallest absolute Gasteiger partial charge is 0.322 e. The van der Waals surface area contributed by atoms with E-state index >= 15 is 0 Å². The molecule has 0 bridgehead atoms. The lowest BCUT2D eigenvalue weighted by atomic mass is 10.2. The Hall–Kier alpha value is -2.44. The fourth-order valence-electron chi connectivity index (χ4n) is 3.97. The van der Waals surface area contributed by atoms with Gasteiger partial charge in [0.25, 0.3) is 10.0 Å². The molecule has 0 radical (unpaired) electrons. The first-order valence-corrected chi connectivity index (χ1v) is 13.6. The van der Waals surface area contributed by atoms with Crippen molar-refractivity contribution in [2.75, 3.05) is 29.5 Å². The number of benzene rings is 2. The largest absolute Gasteiger partial charge is 0.369 e. The second-order valence-corrected chi connectivity index (χ2v) is 11.2. The van der Waals surface area contributed by atoms with Crippen molar-refractivity contribution in [1.82, 2.24) is 9.88 Å². The molecule has 1 saturated heterocycles. The van der Waals surface area contributed by atoms with Crippen LogP contribution in [0.1, 0.15) is 12.0 Å². The van der Waals surface area contributed by atoms with Gasteiger partial charge in [0.1, 0.15) is 5.82 Å². The van der Waals surface area contributed by atoms with Crippen LogP contribution in [0.25, 0.3) is 0 Å². The molecule has 3 aromatic rings. The molecule has 13 heteroatoms. The highest BCUT2D eigenvalue weighted by Crippen LogP contribution is 2.33. The van der Waals surface area contributed by atoms with E-state index in [1.165, 1.54) is 35.2 Å². The molecule has 0 unspecified atom stereocenters. The van der Waals surface area contributed by atoms with Crippen LogP contribution in [0.3, 0.4) is 0 Å². The van der Waals surface area contributed by atoms with Crippen LogP contribution in [-0.4, -0.2) is 51.0 Å². The van der Waals surface area contributed by atoms with E-state index in [9.17, 15) is 17.6 Å². The first kappa shape index (κ1) is 25.6. The van der Waals surface area contributed by atoms with Crippen LogP contribution in [0.2, 0.25) is 10.0 Å². The van der Waals surface area contributed by atoms with Gasteiger partial charge in [-0.3, -0.25) is 9.69 Å². The van der Waals surface area contributed by atoms with Crippen LogP contribution in [0.5, 0.6) is 0 Å². The number of halogens is 3. The van der Waals surface area contributed by atoms with Crippen molar-refractivity contribution in [3.8, 4) is 0 Å². The number of sulfonamides is 1. The minimum Gasteiger partial charge on any atom is -0.369 e. The van der Waals surface area contributed by atoms with Crippen molar-refractivity contribution in [2.24, 2.45) is 0 Å². The van der Waals surface area contributed by atoms with Crippen LogP contribution >= 0.6 is 34.5 Å². The molecule has 1 aliphatic heterocycles. The van der Waals surface area contributed by atoms with Crippen molar-refractivity contribution < 1.29 is 22.4 Å². The van der Waals surface area contributed by atoms with Gasteiger partial charge in [-0.2, -0.15) is 8.42 Å². The predicted octanol–water partition coefficient (Wildman–Crippen LogP) is 4.58. The highest BCUT2D eigenvalue weighted by Gasteiger charge is 2.31. The molecule has 1 aromatic heterocycles. The van der Waals surface area contributed by atoms with Gasteiger partial charge in [-0.1, -0.05) is 27.7 Å². The van der Waals surface area contributed by atoms with E-state index < -0.39 is 10.0 Å². The molecular formula is C22H21Cl2FN4O4S2. The topological polar surface area (TPSA) is 83.1 Å². The highest BCUT2D eigenvalue weighted by molar-refractivity contribution is 7.92. The number of carbonyl (C=O) groups excluding carboxylic acids is 1. The summed E-state index contributed by atoms with van der Waals surface area (Å²) in [5.74, 6) is -0.335. The molecule has 4 rings (SSSR count). The number of carbonyl (C=O) groups is 1. The molecule has 0 aliphatic carbocycles. The zero-order valence-electron chi connectivity index (χ0n) is 18.5. The number of nitrogens with zero attached hydrogens (tertiary/aromatic N) is 4. The molecule has 2 heterocycles. The van der Waals surface area contributed by atoms with E-state index in [0.717, 1.165) is 24.3 Å². The lowest BCUT2D eigenvalue weighted by Gasteiger charge is -2.28. The zero-order chi connectivity index (χ0) is 25.2. The summed E-state index contributed by atoms with van der Waals surface area (Å²) in [6, 6.07) is 8.92. The van der Waals surface area contributed by atoms with Crippen LogP contribution in [0, 0.1) is 5.82 Å². The molecule has 8 nitrogen and oxygen atoms in total. The van der Waals surface area contributed by atoms with Gasteiger partial charge in [0.15, 0.2) is 5.82 Å². The Morgan fingerprint density at radius 1 is 1.29 bits per heavy atom. The molecule has 1 aliphatic rings. The van der Waals surface area contributed by atoms with Crippen LogP contribution in [0.15, 0.2) is 52.2 Å². The number of likely N-dealkylation sites (tertiary alicyclic amines) is 1. The second-order valence-electron chi connectivity index (χ2n) is 7.92. The quantitative estimate of drug-likeness (QED) is 0.280. The van der Waals surface area contributed by atoms with Gasteiger partial charge in [0.05, 0.1) is 21.1 Å². The van der Waals surface area contributed by atoms with Crippen molar-refractivity contribution >= 4 is 62.5 Å². The lowest BCUT2D eigenvalue weighted by Crippen LogP contribution is -2.35. The van der Waals surface area contributed by atoms with Crippen molar-refractivity contribution in [1.29, 1.82) is 0 Å². The predicted molar refractivity (Wildman–Crippen MR) is 134 cm³/mol. The molecule has 0 N–H and O–H groups in total. The lowest BCUT2D eigenvalue weighted by molar-refractivity contribution is -0.128. The minimum atomic E-state index is -4.25. The number of anilines is 2. The van der Waals surface area contributed by atoms with E-state index in [-0.39, 0.29) is 34.1 Å². The summed E-state index contributed by atoms with van der Waals surface area (Å²) in [7, 11) is -2.38. The molecule has 1 fully saturated rings. The average Bonchev–Trinajstić information content (AvgIpc) is 3.52. The Morgan fingerprint density at radius 3 is 2.77 bits per heavy atom. The summed E-state index contributed by atoms with van der Waals surface area (Å²) in [5, 5.41) is 2.14. The zero-order valence-corrected chi connectivity index (χ0v) is 21.6. The maximum absolute atomic E-state index is 14.1. The Bertz CT molecular complexity index is 1310. The summed E-state index contributed by atoms with van der Waals surface area (Å²) in [6.45, 7) is 1.88. The molecular weight excluding hydrogens is 538 g/mol. The fraction of sp³-hybridized carbons (Fsp3) is 0.273. The van der Waals surface area contributed by atoms with E-state index in [2.05, 4.69) is 9.88 Å². The Kier molecular flexibility index (Phi) is 7.82. The standard InChI is InChI=1S/C22H21Cl2FN4O4S2/c1-27(17-6-7-28(11-17)10-15-8-16(23)2-4-20(15)25)21-5-3-18(9-19(21)24)35(31,32)29(33-14-30)22-12-34-13-26-22/h2-5,8-9,12-14,17H,6-7,10-11H2,1H3/t17-/m0/s1. The molecule has 186 valence electrons. The van der Waals surface area contributed by atoms with Crippen LogP contribution < -0.4 is 9.37 Å². The third kappa shape index (κ3) is 5.54. The van der Waals surface area contributed by atoms with Crippen molar-refractivity contribution in [2.45, 2.75) is 23.9 Å². The van der Waals surface area contributed by atoms with Gasteiger partial charge in [0.2, 0.25) is 0 Å². The monoisotopic (exact) mass is 558 g/mol. The number of hydrogen-bond acceptors (Lipinski definition) is 8. The van der Waals surface area contributed by atoms with Gasteiger partial charge in [-0.25, -0.2) is 9.37 Å². The number of likely N-dealkylation sites (N-methyl/N-ethyl adjacent to an activating group) is 1. The fourth-order valence-corrected chi connectivity index (χ4v) is 6.31. The maximum Gasteiger partial charge on any atom is 0.322 e. The number of hydrogen-bond donors (Lipinski definition) is 0. The van der Waals surface area contributed by atoms with Crippen LogP contribution in [0.4, 0.5) is 15.9 Å². The third-order valence-electron chi connectivity index (χ3n) is 5.76. The molecule has 0 spiro atoms. The number of rotatable bonds is 9. The SMILES string of the molecule is CN(c1ccc(S(=O)(=O)N(OC=O)c2cscn2)cc1Cl)[C@H]1CCN(Cc2cc(Cl)ccc2F)C1. The van der Waals surface area contributed by atoms with Gasteiger partial charge >= 0.3 is 6.47 Å². The summed E-state index contributed by atoms with van der Waals surface area (Å²) in [5.41, 5.74) is 2.60. The molecule has 2 aromatic carbocycles. The van der Waals surface area contributed by atoms with E-state index in [0.29, 0.717) is 33.8 Å². The minimum absolute atomic E-state index is 0.0156. The Labute approximate surface area is 216 Å². The number of aromatic nitrogens is 1. The third-order valence-corrected chi connectivity index (χ3v) is 8.43. The first-order chi connectivity index (χ1) is 16.7. The Morgan fingerprint density at radius 2 is 2.09 bits per heavy atom. The van der Waals surface area contributed by atoms with E-state index in [4.69, 9.17) is 28.0 Å². The van der Waals surface area contributed by atoms with E-state index in [1.54, 1.807) is 12.1 Å². The first-order valence-electron chi connectivity index (χ1n) is 10.4. The Balaban J connectivity index is 1.49. The number of thiazole rings is 1. The summed E-state index contributed by atoms with van der Waals surface area (Å²) < 4.78 is 40.7. The summed E-state index contributed by atoms with van der Waals surface area (Å²) >= 11 is 13.7. The van der Waals surface area contributed by atoms with Gasteiger partial charge in [-0.15, -0.1) is 11.3 Å². The normalized spacial score (nSPS) is 16.3. The highest BCUT2D eigenvalue weighted by atomic mass is 35.5. The van der Waals surface area contributed by atoms with Gasteiger partial charge < -0.3 is 9.74 Å².